The van der Waals surface area contributed by atoms with E-state index in [4.69, 9.17) is 16.3 Å². The molecule has 2 rings (SSSR count). The predicted molar refractivity (Wildman–Crippen MR) is 79.6 cm³/mol. The lowest BCUT2D eigenvalue weighted by Gasteiger charge is -2.06. The minimum Gasteiger partial charge on any atom is -0.369 e. The van der Waals surface area contributed by atoms with Gasteiger partial charge in [0.05, 0.1) is 11.6 Å². The minimum atomic E-state index is -0.113. The predicted octanol–water partition coefficient (Wildman–Crippen LogP) is 4.50. The summed E-state index contributed by atoms with van der Waals surface area (Å²) < 4.78 is 6.41. The Balaban J connectivity index is 1.92. The van der Waals surface area contributed by atoms with Crippen molar-refractivity contribution in [1.82, 2.24) is 0 Å². The lowest BCUT2D eigenvalue weighted by atomic mass is 10.1. The Morgan fingerprint density at radius 3 is 2.53 bits per heavy atom. The fraction of sp³-hybridized carbons (Fsp3) is 0.133. The number of carbonyl (C=O) groups excluding carboxylic acids is 1. The van der Waals surface area contributed by atoms with E-state index in [2.05, 4.69) is 15.9 Å². The van der Waals surface area contributed by atoms with Gasteiger partial charge >= 0.3 is 0 Å². The first-order valence-corrected chi connectivity index (χ1v) is 6.94. The van der Waals surface area contributed by atoms with Crippen LogP contribution in [0.2, 0.25) is 5.02 Å². The molecule has 0 aliphatic carbocycles. The first kappa shape index (κ1) is 14.3. The van der Waals surface area contributed by atoms with Crippen LogP contribution < -0.4 is 0 Å². The molecule has 2 aromatic rings. The van der Waals surface area contributed by atoms with Gasteiger partial charge in [-0.2, -0.15) is 0 Å². The van der Waals surface area contributed by atoms with E-state index in [0.717, 1.165) is 10.0 Å². The summed E-state index contributed by atoms with van der Waals surface area (Å²) in [5.41, 5.74) is 1.51. The lowest BCUT2D eigenvalue weighted by Crippen LogP contribution is -2.09. The van der Waals surface area contributed by atoms with Crippen molar-refractivity contribution < 1.29 is 9.53 Å². The van der Waals surface area contributed by atoms with Crippen LogP contribution in [-0.4, -0.2) is 12.4 Å². The van der Waals surface area contributed by atoms with E-state index in [9.17, 15) is 4.79 Å². The molecule has 0 heterocycles. The van der Waals surface area contributed by atoms with Gasteiger partial charge in [-0.15, -0.1) is 0 Å². The maximum absolute atomic E-state index is 11.9. The molecule has 2 aromatic carbocycles. The second-order valence-electron chi connectivity index (χ2n) is 3.99. The third kappa shape index (κ3) is 3.90. The Morgan fingerprint density at radius 2 is 1.79 bits per heavy atom. The van der Waals surface area contributed by atoms with Crippen LogP contribution in [0.3, 0.4) is 0 Å². The zero-order chi connectivity index (χ0) is 13.7. The Hall–Kier alpha value is -1.16. The van der Waals surface area contributed by atoms with Crippen LogP contribution >= 0.6 is 27.5 Å². The van der Waals surface area contributed by atoms with Gasteiger partial charge in [0.1, 0.15) is 6.61 Å². The van der Waals surface area contributed by atoms with Crippen LogP contribution in [0.5, 0.6) is 0 Å². The number of Topliss-reactive ketones (excluding diaryl/α,β-unsaturated/α-hetero) is 1. The minimum absolute atomic E-state index is 0.0189. The highest BCUT2D eigenvalue weighted by molar-refractivity contribution is 9.10. The van der Waals surface area contributed by atoms with Crippen molar-refractivity contribution in [1.29, 1.82) is 0 Å². The van der Waals surface area contributed by atoms with E-state index in [1.54, 1.807) is 24.3 Å². The molecule has 0 aliphatic heterocycles. The Kier molecular flexibility index (Phi) is 5.14. The summed E-state index contributed by atoms with van der Waals surface area (Å²) >= 11 is 9.39. The monoisotopic (exact) mass is 338 g/mol. The number of halogens is 2. The first-order valence-electron chi connectivity index (χ1n) is 5.77. The molecule has 2 nitrogen and oxygen atoms in total. The van der Waals surface area contributed by atoms with Crippen LogP contribution in [0.15, 0.2) is 53.0 Å². The van der Waals surface area contributed by atoms with E-state index >= 15 is 0 Å². The number of benzene rings is 2. The zero-order valence-electron chi connectivity index (χ0n) is 10.1. The van der Waals surface area contributed by atoms with Crippen molar-refractivity contribution >= 4 is 33.3 Å². The van der Waals surface area contributed by atoms with Crippen molar-refractivity contribution in [2.45, 2.75) is 6.61 Å². The number of carbonyl (C=O) groups is 1. The molecule has 0 amide bonds. The van der Waals surface area contributed by atoms with Crippen LogP contribution in [0, 0.1) is 0 Å². The summed E-state index contributed by atoms with van der Waals surface area (Å²) in [6.07, 6.45) is 0. The van der Waals surface area contributed by atoms with Crippen molar-refractivity contribution in [2.24, 2.45) is 0 Å². The topological polar surface area (TPSA) is 26.3 Å². The van der Waals surface area contributed by atoms with E-state index < -0.39 is 0 Å². The molecule has 19 heavy (non-hydrogen) atoms. The van der Waals surface area contributed by atoms with Gasteiger partial charge in [0, 0.05) is 10.0 Å². The fourth-order valence-electron chi connectivity index (χ4n) is 1.63. The fourth-order valence-corrected chi connectivity index (χ4v) is 2.27. The Labute approximate surface area is 125 Å². The molecule has 0 atom stereocenters. The molecule has 0 spiro atoms. The maximum atomic E-state index is 11.9. The van der Waals surface area contributed by atoms with Crippen molar-refractivity contribution in [2.75, 3.05) is 6.61 Å². The van der Waals surface area contributed by atoms with Gasteiger partial charge in [-0.3, -0.25) is 4.79 Å². The van der Waals surface area contributed by atoms with E-state index in [-0.39, 0.29) is 12.4 Å². The second kappa shape index (κ2) is 6.85. The van der Waals surface area contributed by atoms with Gasteiger partial charge in [-0.05, 0) is 23.8 Å². The Morgan fingerprint density at radius 1 is 1.11 bits per heavy atom. The van der Waals surface area contributed by atoms with Crippen LogP contribution in [-0.2, 0) is 11.3 Å². The van der Waals surface area contributed by atoms with Crippen LogP contribution in [0.1, 0.15) is 15.9 Å². The van der Waals surface area contributed by atoms with E-state index in [1.807, 2.05) is 24.3 Å². The molecule has 4 heteroatoms. The highest BCUT2D eigenvalue weighted by Gasteiger charge is 2.10. The summed E-state index contributed by atoms with van der Waals surface area (Å²) in [4.78, 5) is 11.9. The molecule has 0 bridgehead atoms. The van der Waals surface area contributed by atoms with Gasteiger partial charge in [-0.1, -0.05) is 57.9 Å². The van der Waals surface area contributed by atoms with Gasteiger partial charge in [0.25, 0.3) is 0 Å². The molecular formula is C15H12BrClO2. The summed E-state index contributed by atoms with van der Waals surface area (Å²) in [6.45, 7) is 0.405. The first-order chi connectivity index (χ1) is 9.18. The maximum Gasteiger partial charge on any atom is 0.189 e. The third-order valence-electron chi connectivity index (χ3n) is 2.62. The summed E-state index contributed by atoms with van der Waals surface area (Å²) in [7, 11) is 0. The van der Waals surface area contributed by atoms with Crippen molar-refractivity contribution in [3.8, 4) is 0 Å². The largest absolute Gasteiger partial charge is 0.369 e. The molecule has 0 saturated carbocycles. The molecule has 0 aliphatic rings. The van der Waals surface area contributed by atoms with Crippen molar-refractivity contribution in [3.63, 3.8) is 0 Å². The van der Waals surface area contributed by atoms with Crippen LogP contribution in [0.4, 0.5) is 0 Å². The average molecular weight is 340 g/mol. The van der Waals surface area contributed by atoms with Gasteiger partial charge in [0.15, 0.2) is 5.78 Å². The number of hydrogen-bond donors (Lipinski definition) is 0. The van der Waals surface area contributed by atoms with Crippen molar-refractivity contribution in [3.05, 3.63) is 69.2 Å². The van der Waals surface area contributed by atoms with Crippen LogP contribution in [0.25, 0.3) is 0 Å². The smallest absolute Gasteiger partial charge is 0.189 e. The third-order valence-corrected chi connectivity index (χ3v) is 3.73. The standard InChI is InChI=1S/C15H12BrClO2/c16-13-7-3-1-5-11(13)9-19-10-15(18)12-6-2-4-8-14(12)17/h1-8H,9-10H2. The summed E-state index contributed by atoms with van der Waals surface area (Å²) in [5, 5.41) is 0.456. The number of rotatable bonds is 5. The summed E-state index contributed by atoms with van der Waals surface area (Å²) in [5.74, 6) is -0.113. The quantitative estimate of drug-likeness (QED) is 0.750. The number of ketones is 1. The van der Waals surface area contributed by atoms with Gasteiger partial charge in [0.2, 0.25) is 0 Å². The highest BCUT2D eigenvalue weighted by Crippen LogP contribution is 2.18. The average Bonchev–Trinajstić information content (AvgIpc) is 2.41. The Bertz CT molecular complexity index is 584. The lowest BCUT2D eigenvalue weighted by molar-refractivity contribution is 0.0726. The normalized spacial score (nSPS) is 10.4. The van der Waals surface area contributed by atoms with Gasteiger partial charge in [-0.25, -0.2) is 0 Å². The molecular weight excluding hydrogens is 328 g/mol. The molecule has 0 saturated heterocycles. The van der Waals surface area contributed by atoms with E-state index in [0.29, 0.717) is 17.2 Å². The molecule has 0 fully saturated rings. The summed E-state index contributed by atoms with van der Waals surface area (Å²) in [6, 6.07) is 14.7. The highest BCUT2D eigenvalue weighted by atomic mass is 79.9. The van der Waals surface area contributed by atoms with Gasteiger partial charge < -0.3 is 4.74 Å². The molecule has 0 aromatic heterocycles. The number of ether oxygens (including phenoxy) is 1. The zero-order valence-corrected chi connectivity index (χ0v) is 12.4. The molecule has 0 N–H and O–H groups in total. The molecule has 0 radical (unpaired) electrons. The SMILES string of the molecule is O=C(COCc1ccccc1Br)c1ccccc1Cl. The van der Waals surface area contributed by atoms with E-state index in [1.165, 1.54) is 0 Å². The molecule has 98 valence electrons. The molecule has 0 unspecified atom stereocenters. The number of hydrogen-bond acceptors (Lipinski definition) is 2. The second-order valence-corrected chi connectivity index (χ2v) is 5.25.